The Hall–Kier alpha value is -4.61. The van der Waals surface area contributed by atoms with Crippen molar-refractivity contribution in [2.45, 2.75) is 35.5 Å². The molecular formula is C36H34O4S. The number of hydrogen-bond donors (Lipinski definition) is 0. The molecule has 0 aromatic heterocycles. The molecular weight excluding hydrogens is 528 g/mol. The zero-order chi connectivity index (χ0) is 29.2. The molecule has 0 bridgehead atoms. The smallest absolute Gasteiger partial charge is 0.206 e. The van der Waals surface area contributed by atoms with E-state index < -0.39 is 9.84 Å². The molecule has 0 fully saturated rings. The summed E-state index contributed by atoms with van der Waals surface area (Å²) in [5.74, 6) is 2.44. The van der Waals surface area contributed by atoms with Crippen molar-refractivity contribution in [3.8, 4) is 23.0 Å². The Labute approximate surface area is 243 Å². The Morgan fingerprint density at radius 3 is 1.12 bits per heavy atom. The van der Waals surface area contributed by atoms with Gasteiger partial charge in [0.1, 0.15) is 23.0 Å². The van der Waals surface area contributed by atoms with Gasteiger partial charge >= 0.3 is 0 Å². The van der Waals surface area contributed by atoms with Crippen LogP contribution in [0.3, 0.4) is 0 Å². The number of ether oxygens (including phenoxy) is 2. The lowest BCUT2D eigenvalue weighted by Crippen LogP contribution is -2.02. The van der Waals surface area contributed by atoms with Crippen molar-refractivity contribution in [3.05, 3.63) is 158 Å². The molecule has 4 aromatic carbocycles. The third kappa shape index (κ3) is 7.33. The Kier molecular flexibility index (Phi) is 9.77. The fraction of sp³-hybridized carbons (Fsp3) is 0.111. The Morgan fingerprint density at radius 1 is 0.463 bits per heavy atom. The third-order valence-electron chi connectivity index (χ3n) is 6.55. The molecule has 4 rings (SSSR count). The average Bonchev–Trinajstić information content (AvgIpc) is 2.97. The minimum Gasteiger partial charge on any atom is -0.457 e. The van der Waals surface area contributed by atoms with Crippen molar-refractivity contribution >= 4 is 9.84 Å². The minimum absolute atomic E-state index is 0.180. The summed E-state index contributed by atoms with van der Waals surface area (Å²) in [6, 6.07) is 24.6. The summed E-state index contributed by atoms with van der Waals surface area (Å²) in [6.07, 6.45) is 10.4. The average molecular weight is 563 g/mol. The Bertz CT molecular complexity index is 1530. The van der Waals surface area contributed by atoms with Crippen molar-refractivity contribution in [3.63, 3.8) is 0 Å². The van der Waals surface area contributed by atoms with E-state index >= 15 is 0 Å². The zero-order valence-corrected chi connectivity index (χ0v) is 23.9. The molecule has 0 aliphatic heterocycles. The molecule has 0 N–H and O–H groups in total. The summed E-state index contributed by atoms with van der Waals surface area (Å²) >= 11 is 0. The molecule has 0 aliphatic carbocycles. The molecule has 0 amide bonds. The Morgan fingerprint density at radius 2 is 0.780 bits per heavy atom. The topological polar surface area (TPSA) is 52.6 Å². The van der Waals surface area contributed by atoms with Gasteiger partial charge in [0.25, 0.3) is 0 Å². The third-order valence-corrected chi connectivity index (χ3v) is 8.34. The van der Waals surface area contributed by atoms with Crippen LogP contribution in [0.25, 0.3) is 0 Å². The standard InChI is InChI=1S/C36H34O4S/c1-5-9-27-13-15-33(25-29(27)11-7-3)39-31-17-21-35(22-18-31)41(37,38)36-23-19-32(20-24-36)40-34-16-14-28(10-6-2)30(26-34)12-8-4/h5-8,13-26H,1-4,9-12H2. The number of sulfone groups is 1. The summed E-state index contributed by atoms with van der Waals surface area (Å²) in [7, 11) is -3.72. The molecule has 0 unspecified atom stereocenters. The van der Waals surface area contributed by atoms with E-state index in [1.165, 1.54) is 11.1 Å². The highest BCUT2D eigenvalue weighted by Gasteiger charge is 2.18. The highest BCUT2D eigenvalue weighted by atomic mass is 32.2. The molecule has 0 heterocycles. The van der Waals surface area contributed by atoms with E-state index in [0.29, 0.717) is 23.0 Å². The van der Waals surface area contributed by atoms with Crippen LogP contribution in [0.4, 0.5) is 0 Å². The van der Waals surface area contributed by atoms with E-state index in [2.05, 4.69) is 26.3 Å². The summed E-state index contributed by atoms with van der Waals surface area (Å²) in [5, 5.41) is 0. The molecule has 0 radical (unpaired) electrons. The van der Waals surface area contributed by atoms with E-state index in [1.54, 1.807) is 48.5 Å². The van der Waals surface area contributed by atoms with E-state index in [0.717, 1.165) is 36.8 Å². The van der Waals surface area contributed by atoms with Gasteiger partial charge in [-0.15, -0.1) is 26.3 Å². The second-order valence-corrected chi connectivity index (χ2v) is 11.4. The molecule has 0 spiro atoms. The van der Waals surface area contributed by atoms with Crippen LogP contribution in [0.2, 0.25) is 0 Å². The summed E-state index contributed by atoms with van der Waals surface area (Å²) in [5.41, 5.74) is 4.57. The number of allylic oxidation sites excluding steroid dienone is 4. The van der Waals surface area contributed by atoms with Gasteiger partial charge in [-0.1, -0.05) is 36.4 Å². The summed E-state index contributed by atoms with van der Waals surface area (Å²) in [4.78, 5) is 0.359. The molecule has 4 aromatic rings. The van der Waals surface area contributed by atoms with Crippen molar-refractivity contribution in [2.75, 3.05) is 0 Å². The van der Waals surface area contributed by atoms with Gasteiger partial charge in [0.15, 0.2) is 0 Å². The predicted molar refractivity (Wildman–Crippen MR) is 167 cm³/mol. The maximum absolute atomic E-state index is 13.3. The molecule has 0 saturated heterocycles. The normalized spacial score (nSPS) is 10.9. The quantitative estimate of drug-likeness (QED) is 0.144. The monoisotopic (exact) mass is 562 g/mol. The second-order valence-electron chi connectivity index (χ2n) is 9.48. The Balaban J connectivity index is 1.47. The fourth-order valence-corrected chi connectivity index (χ4v) is 5.77. The van der Waals surface area contributed by atoms with Crippen LogP contribution in [-0.4, -0.2) is 8.42 Å². The molecule has 208 valence electrons. The van der Waals surface area contributed by atoms with Crippen LogP contribution in [0, 0.1) is 0 Å². The fourth-order valence-electron chi connectivity index (χ4n) is 4.51. The molecule has 5 heteroatoms. The SMILES string of the molecule is C=CCc1ccc(Oc2ccc(S(=O)(=O)c3ccc(Oc4ccc(CC=C)c(CC=C)c4)cc3)cc2)cc1CC=C. The predicted octanol–water partition coefficient (Wildman–Crippen LogP) is 9.02. The van der Waals surface area contributed by atoms with E-state index in [9.17, 15) is 8.42 Å². The summed E-state index contributed by atoms with van der Waals surface area (Å²) in [6.45, 7) is 15.3. The molecule has 4 nitrogen and oxygen atoms in total. The van der Waals surface area contributed by atoms with Crippen molar-refractivity contribution in [1.29, 1.82) is 0 Å². The highest BCUT2D eigenvalue weighted by Crippen LogP contribution is 2.30. The lowest BCUT2D eigenvalue weighted by atomic mass is 10.0. The first-order valence-corrected chi connectivity index (χ1v) is 14.8. The van der Waals surface area contributed by atoms with Crippen molar-refractivity contribution in [2.24, 2.45) is 0 Å². The van der Waals surface area contributed by atoms with Gasteiger partial charge < -0.3 is 9.47 Å². The van der Waals surface area contributed by atoms with Crippen LogP contribution in [0.1, 0.15) is 22.3 Å². The lowest BCUT2D eigenvalue weighted by molar-refractivity contribution is 0.481. The van der Waals surface area contributed by atoms with Gasteiger partial charge in [0.2, 0.25) is 9.84 Å². The summed E-state index contributed by atoms with van der Waals surface area (Å²) < 4.78 is 38.6. The lowest BCUT2D eigenvalue weighted by Gasteiger charge is -2.12. The van der Waals surface area contributed by atoms with Gasteiger partial charge in [0.05, 0.1) is 9.79 Å². The molecule has 0 saturated carbocycles. The highest BCUT2D eigenvalue weighted by molar-refractivity contribution is 7.91. The van der Waals surface area contributed by atoms with Crippen molar-refractivity contribution in [1.82, 2.24) is 0 Å². The van der Waals surface area contributed by atoms with Gasteiger partial charge in [-0.3, -0.25) is 0 Å². The van der Waals surface area contributed by atoms with Crippen LogP contribution < -0.4 is 9.47 Å². The molecule has 0 atom stereocenters. The number of benzene rings is 4. The minimum atomic E-state index is -3.72. The van der Waals surface area contributed by atoms with Crippen molar-refractivity contribution < 1.29 is 17.9 Å². The largest absolute Gasteiger partial charge is 0.457 e. The maximum Gasteiger partial charge on any atom is 0.206 e. The molecule has 0 aliphatic rings. The van der Waals surface area contributed by atoms with Gasteiger partial charge in [-0.2, -0.15) is 0 Å². The van der Waals surface area contributed by atoms with Crippen LogP contribution in [0.5, 0.6) is 23.0 Å². The van der Waals surface area contributed by atoms with E-state index in [4.69, 9.17) is 9.47 Å². The maximum atomic E-state index is 13.3. The first-order valence-electron chi connectivity index (χ1n) is 13.4. The van der Waals surface area contributed by atoms with Crippen LogP contribution in [-0.2, 0) is 35.5 Å². The number of rotatable bonds is 14. The first-order chi connectivity index (χ1) is 19.9. The van der Waals surface area contributed by atoms with E-state index in [1.807, 2.05) is 60.7 Å². The van der Waals surface area contributed by atoms with Gasteiger partial charge in [0, 0.05) is 0 Å². The zero-order valence-electron chi connectivity index (χ0n) is 23.1. The first kappa shape index (κ1) is 29.4. The number of hydrogen-bond acceptors (Lipinski definition) is 4. The molecule has 41 heavy (non-hydrogen) atoms. The van der Waals surface area contributed by atoms with Gasteiger partial charge in [-0.25, -0.2) is 8.42 Å². The van der Waals surface area contributed by atoms with E-state index in [-0.39, 0.29) is 9.79 Å². The van der Waals surface area contributed by atoms with Crippen LogP contribution >= 0.6 is 0 Å². The van der Waals surface area contributed by atoms with Gasteiger partial charge in [-0.05, 0) is 121 Å². The second kappa shape index (κ2) is 13.6. The van der Waals surface area contributed by atoms with Crippen LogP contribution in [0.15, 0.2) is 145 Å².